The normalized spacial score (nSPS) is 12.8. The first kappa shape index (κ1) is 17.9. The van der Waals surface area contributed by atoms with E-state index in [-0.39, 0.29) is 22.6 Å². The third-order valence-electron chi connectivity index (χ3n) is 3.50. The number of carbonyl (C=O) groups is 1. The molecule has 1 unspecified atom stereocenters. The van der Waals surface area contributed by atoms with Crippen LogP contribution in [0.1, 0.15) is 28.8 Å². The highest BCUT2D eigenvalue weighted by atomic mass is 19.4. The molecule has 7 heteroatoms. The minimum Gasteiger partial charge on any atom is -0.454 e. The fourth-order valence-electron chi connectivity index (χ4n) is 1.99. The maximum atomic E-state index is 13.9. The number of hydrogen-bond donors (Lipinski definition) is 1. The van der Waals surface area contributed by atoms with Crippen molar-refractivity contribution < 1.29 is 32.2 Å². The molecule has 3 nitrogen and oxygen atoms in total. The van der Waals surface area contributed by atoms with E-state index < -0.39 is 30.3 Å². The third-order valence-corrected chi connectivity index (χ3v) is 3.50. The number of ketones is 1. The number of aliphatic hydroxyl groups excluding tert-OH is 1. The van der Waals surface area contributed by atoms with Gasteiger partial charge in [-0.05, 0) is 42.8 Å². The Morgan fingerprint density at radius 3 is 2.29 bits per heavy atom. The zero-order valence-electron chi connectivity index (χ0n) is 12.6. The molecule has 0 amide bonds. The summed E-state index contributed by atoms with van der Waals surface area (Å²) in [4.78, 5) is 11.3. The van der Waals surface area contributed by atoms with Gasteiger partial charge in [0.25, 0.3) is 0 Å². The molecular weight excluding hydrogens is 328 g/mol. The molecule has 1 atom stereocenters. The molecular formula is C17H14F4O3. The quantitative estimate of drug-likeness (QED) is 0.645. The van der Waals surface area contributed by atoms with Crippen molar-refractivity contribution in [3.05, 3.63) is 59.4 Å². The van der Waals surface area contributed by atoms with Crippen molar-refractivity contribution in [1.82, 2.24) is 0 Å². The highest BCUT2D eigenvalue weighted by Crippen LogP contribution is 2.35. The average molecular weight is 342 g/mol. The Balaban J connectivity index is 2.16. The second-order valence-corrected chi connectivity index (χ2v) is 5.16. The SMILES string of the molecule is CC(c1ccc(Oc2ccc(C(=O)CO)cc2F)cc1)C(F)(F)F. The fourth-order valence-corrected chi connectivity index (χ4v) is 1.99. The molecule has 2 aromatic carbocycles. The van der Waals surface area contributed by atoms with Crippen LogP contribution in [0.2, 0.25) is 0 Å². The number of rotatable bonds is 5. The number of carbonyl (C=O) groups excluding carboxylic acids is 1. The van der Waals surface area contributed by atoms with Gasteiger partial charge in [0.05, 0.1) is 5.92 Å². The molecule has 0 radical (unpaired) electrons. The number of halogens is 4. The van der Waals surface area contributed by atoms with Gasteiger partial charge in [-0.15, -0.1) is 0 Å². The van der Waals surface area contributed by atoms with Gasteiger partial charge in [0, 0.05) is 5.56 Å². The molecule has 0 aliphatic heterocycles. The maximum Gasteiger partial charge on any atom is 0.395 e. The van der Waals surface area contributed by atoms with Gasteiger partial charge in [0.1, 0.15) is 12.4 Å². The Hall–Kier alpha value is -2.41. The van der Waals surface area contributed by atoms with Crippen molar-refractivity contribution >= 4 is 5.78 Å². The van der Waals surface area contributed by atoms with E-state index >= 15 is 0 Å². The molecule has 0 fully saturated rings. The van der Waals surface area contributed by atoms with Crippen molar-refractivity contribution in [2.45, 2.75) is 19.0 Å². The number of ether oxygens (including phenoxy) is 1. The summed E-state index contributed by atoms with van der Waals surface area (Å²) in [6, 6.07) is 8.56. The molecule has 0 saturated carbocycles. The van der Waals surface area contributed by atoms with E-state index in [2.05, 4.69) is 0 Å². The summed E-state index contributed by atoms with van der Waals surface area (Å²) >= 11 is 0. The van der Waals surface area contributed by atoms with Crippen LogP contribution in [0.25, 0.3) is 0 Å². The summed E-state index contributed by atoms with van der Waals surface area (Å²) in [7, 11) is 0. The largest absolute Gasteiger partial charge is 0.454 e. The van der Waals surface area contributed by atoms with Crippen LogP contribution in [-0.2, 0) is 0 Å². The van der Waals surface area contributed by atoms with Crippen LogP contribution in [-0.4, -0.2) is 23.7 Å². The lowest BCUT2D eigenvalue weighted by Gasteiger charge is -2.16. The first-order valence-corrected chi connectivity index (χ1v) is 7.00. The van der Waals surface area contributed by atoms with E-state index in [0.29, 0.717) is 0 Å². The van der Waals surface area contributed by atoms with Crippen LogP contribution in [0, 0.1) is 5.82 Å². The Kier molecular flexibility index (Phi) is 5.23. The zero-order valence-corrected chi connectivity index (χ0v) is 12.6. The van der Waals surface area contributed by atoms with Crippen LogP contribution < -0.4 is 4.74 Å². The van der Waals surface area contributed by atoms with E-state index in [9.17, 15) is 22.4 Å². The van der Waals surface area contributed by atoms with E-state index in [1.54, 1.807) is 0 Å². The number of aliphatic hydroxyl groups is 1. The lowest BCUT2D eigenvalue weighted by Crippen LogP contribution is -2.17. The monoisotopic (exact) mass is 342 g/mol. The van der Waals surface area contributed by atoms with Gasteiger partial charge in [-0.3, -0.25) is 4.79 Å². The Morgan fingerprint density at radius 1 is 1.17 bits per heavy atom. The highest BCUT2D eigenvalue weighted by Gasteiger charge is 2.36. The molecule has 0 spiro atoms. The average Bonchev–Trinajstić information content (AvgIpc) is 2.55. The molecule has 0 aliphatic carbocycles. The second kappa shape index (κ2) is 7.00. The summed E-state index contributed by atoms with van der Waals surface area (Å²) in [6.07, 6.45) is -4.34. The van der Waals surface area contributed by atoms with Crippen molar-refractivity contribution in [3.8, 4) is 11.5 Å². The number of hydrogen-bond acceptors (Lipinski definition) is 3. The van der Waals surface area contributed by atoms with E-state index in [1.807, 2.05) is 0 Å². The summed E-state index contributed by atoms with van der Waals surface area (Å²) < 4.78 is 57.1. The van der Waals surface area contributed by atoms with Crippen LogP contribution in [0.3, 0.4) is 0 Å². The molecule has 0 heterocycles. The predicted molar refractivity (Wildman–Crippen MR) is 78.8 cm³/mol. The first-order chi connectivity index (χ1) is 11.2. The molecule has 2 rings (SSSR count). The molecule has 0 aliphatic rings. The Morgan fingerprint density at radius 2 is 1.79 bits per heavy atom. The maximum absolute atomic E-state index is 13.9. The molecule has 2 aromatic rings. The zero-order chi connectivity index (χ0) is 17.9. The van der Waals surface area contributed by atoms with Gasteiger partial charge in [0.2, 0.25) is 0 Å². The van der Waals surface area contributed by atoms with E-state index in [0.717, 1.165) is 13.0 Å². The molecule has 24 heavy (non-hydrogen) atoms. The van der Waals surface area contributed by atoms with E-state index in [4.69, 9.17) is 9.84 Å². The Bertz CT molecular complexity index is 724. The molecule has 0 saturated heterocycles. The third kappa shape index (κ3) is 4.11. The van der Waals surface area contributed by atoms with Gasteiger partial charge < -0.3 is 9.84 Å². The van der Waals surface area contributed by atoms with Crippen molar-refractivity contribution in [1.29, 1.82) is 0 Å². The number of Topliss-reactive ketones (excluding diaryl/α,β-unsaturated/α-hetero) is 1. The lowest BCUT2D eigenvalue weighted by molar-refractivity contribution is -0.146. The summed E-state index contributed by atoms with van der Waals surface area (Å²) in [5, 5.41) is 8.73. The predicted octanol–water partition coefficient (Wildman–Crippen LogP) is 4.46. The van der Waals surface area contributed by atoms with Crippen LogP contribution in [0.15, 0.2) is 42.5 Å². The molecule has 0 aromatic heterocycles. The van der Waals surface area contributed by atoms with Crippen molar-refractivity contribution in [2.75, 3.05) is 6.61 Å². The second-order valence-electron chi connectivity index (χ2n) is 5.16. The van der Waals surface area contributed by atoms with Crippen molar-refractivity contribution in [3.63, 3.8) is 0 Å². The van der Waals surface area contributed by atoms with Gasteiger partial charge >= 0.3 is 6.18 Å². The summed E-state index contributed by atoms with van der Waals surface area (Å²) in [6.45, 7) is 0.310. The smallest absolute Gasteiger partial charge is 0.395 e. The standard InChI is InChI=1S/C17H14F4O3/c1-10(17(19,20)21)11-2-5-13(6-3-11)24-16-7-4-12(8-14(16)18)15(23)9-22/h2-8,10,22H,9H2,1H3. The van der Waals surface area contributed by atoms with Gasteiger partial charge in [0.15, 0.2) is 17.3 Å². The highest BCUT2D eigenvalue weighted by molar-refractivity contribution is 5.97. The minimum absolute atomic E-state index is 0.00306. The van der Waals surface area contributed by atoms with Gasteiger partial charge in [-0.25, -0.2) is 4.39 Å². The molecule has 128 valence electrons. The van der Waals surface area contributed by atoms with Gasteiger partial charge in [-0.1, -0.05) is 12.1 Å². The summed E-state index contributed by atoms with van der Waals surface area (Å²) in [5.74, 6) is -3.09. The van der Waals surface area contributed by atoms with E-state index in [1.165, 1.54) is 36.4 Å². The minimum atomic E-state index is -4.34. The molecule has 0 bridgehead atoms. The van der Waals surface area contributed by atoms with Crippen LogP contribution in [0.5, 0.6) is 11.5 Å². The molecule has 1 N–H and O–H groups in total. The van der Waals surface area contributed by atoms with Crippen LogP contribution >= 0.6 is 0 Å². The fraction of sp³-hybridized carbons (Fsp3) is 0.235. The first-order valence-electron chi connectivity index (χ1n) is 7.00. The number of benzene rings is 2. The topological polar surface area (TPSA) is 46.5 Å². The Labute approximate surface area is 135 Å². The number of alkyl halides is 3. The van der Waals surface area contributed by atoms with Gasteiger partial charge in [-0.2, -0.15) is 13.2 Å². The van der Waals surface area contributed by atoms with Crippen molar-refractivity contribution in [2.24, 2.45) is 0 Å². The van der Waals surface area contributed by atoms with Crippen LogP contribution in [0.4, 0.5) is 17.6 Å². The lowest BCUT2D eigenvalue weighted by atomic mass is 10.0. The summed E-state index contributed by atoms with van der Waals surface area (Å²) in [5.41, 5.74) is 0.0657.